The first-order valence-corrected chi connectivity index (χ1v) is 6.13. The minimum atomic E-state index is -0.385. The van der Waals surface area contributed by atoms with Crippen LogP contribution >= 0.6 is 0 Å². The monoisotopic (exact) mass is 244 g/mol. The van der Waals surface area contributed by atoms with Crippen molar-refractivity contribution < 1.29 is 4.79 Å². The van der Waals surface area contributed by atoms with Crippen LogP contribution in [0, 0.1) is 6.07 Å². The molecule has 4 rings (SSSR count). The summed E-state index contributed by atoms with van der Waals surface area (Å²) in [7, 11) is 0. The molecule has 0 spiro atoms. The number of nitrogens with two attached hydrogens (primary N) is 1. The molecule has 1 radical (unpaired) electrons. The quantitative estimate of drug-likeness (QED) is 0.512. The Kier molecular flexibility index (Phi) is 1.88. The lowest BCUT2D eigenvalue weighted by atomic mass is 9.92. The molecular formula is C17H10NO. The van der Waals surface area contributed by atoms with E-state index >= 15 is 0 Å². The Morgan fingerprint density at radius 3 is 2.21 bits per heavy atom. The topological polar surface area (TPSA) is 43.1 Å². The lowest BCUT2D eigenvalue weighted by Crippen LogP contribution is -2.11. The maximum absolute atomic E-state index is 11.6. The van der Waals surface area contributed by atoms with Crippen LogP contribution in [-0.2, 0) is 0 Å². The van der Waals surface area contributed by atoms with Crippen LogP contribution in [0.3, 0.4) is 0 Å². The van der Waals surface area contributed by atoms with Gasteiger partial charge in [0.25, 0.3) is 0 Å². The predicted molar refractivity (Wildman–Crippen MR) is 77.5 cm³/mol. The second-order valence-electron chi connectivity index (χ2n) is 4.76. The van der Waals surface area contributed by atoms with Crippen molar-refractivity contribution in [2.75, 3.05) is 0 Å². The average Bonchev–Trinajstić information content (AvgIpc) is 2.44. The largest absolute Gasteiger partial charge is 0.366 e. The van der Waals surface area contributed by atoms with E-state index in [1.165, 1.54) is 5.39 Å². The van der Waals surface area contributed by atoms with Crippen molar-refractivity contribution in [3.8, 4) is 0 Å². The van der Waals surface area contributed by atoms with Gasteiger partial charge < -0.3 is 5.73 Å². The standard InChI is InChI=1S/C17H10NO/c18-17(19)14-9-7-12-5-4-10-2-1-3-11-6-8-13(14)16(12)15(10)11/h2-9H,(H2,18,19). The molecule has 2 N–H and O–H groups in total. The summed E-state index contributed by atoms with van der Waals surface area (Å²) in [4.78, 5) is 11.6. The summed E-state index contributed by atoms with van der Waals surface area (Å²) in [5.41, 5.74) is 6.05. The van der Waals surface area contributed by atoms with E-state index < -0.39 is 0 Å². The molecule has 0 saturated carbocycles. The molecule has 2 nitrogen and oxygen atoms in total. The fraction of sp³-hybridized carbons (Fsp3) is 0. The highest BCUT2D eigenvalue weighted by molar-refractivity contribution is 6.26. The van der Waals surface area contributed by atoms with Gasteiger partial charge in [-0.25, -0.2) is 0 Å². The molecule has 0 fully saturated rings. The Bertz CT molecular complexity index is 924. The van der Waals surface area contributed by atoms with Crippen molar-refractivity contribution >= 4 is 38.2 Å². The Hall–Kier alpha value is -2.61. The van der Waals surface area contributed by atoms with Gasteiger partial charge in [-0.05, 0) is 56.6 Å². The van der Waals surface area contributed by atoms with Crippen LogP contribution in [0.25, 0.3) is 32.3 Å². The molecule has 0 aliphatic heterocycles. The van der Waals surface area contributed by atoms with Crippen molar-refractivity contribution in [1.82, 2.24) is 0 Å². The number of primary amides is 1. The lowest BCUT2D eigenvalue weighted by Gasteiger charge is -2.12. The van der Waals surface area contributed by atoms with Gasteiger partial charge in [-0.3, -0.25) is 4.79 Å². The number of rotatable bonds is 1. The van der Waals surface area contributed by atoms with Gasteiger partial charge in [-0.1, -0.05) is 30.3 Å². The summed E-state index contributed by atoms with van der Waals surface area (Å²) in [6.45, 7) is 0. The van der Waals surface area contributed by atoms with Gasteiger partial charge in [0.2, 0.25) is 5.91 Å². The molecule has 0 saturated heterocycles. The summed E-state index contributed by atoms with van der Waals surface area (Å²) < 4.78 is 0. The third-order valence-electron chi connectivity index (χ3n) is 3.72. The van der Waals surface area contributed by atoms with Gasteiger partial charge in [0.15, 0.2) is 0 Å². The molecule has 0 heterocycles. The van der Waals surface area contributed by atoms with E-state index in [1.54, 1.807) is 6.07 Å². The normalized spacial score (nSPS) is 11.6. The first kappa shape index (κ1) is 10.3. The minimum absolute atomic E-state index is 0.385. The molecule has 0 aliphatic carbocycles. The zero-order chi connectivity index (χ0) is 13.0. The fourth-order valence-electron chi connectivity index (χ4n) is 2.88. The van der Waals surface area contributed by atoms with Gasteiger partial charge in [0.05, 0.1) is 0 Å². The van der Waals surface area contributed by atoms with Crippen molar-refractivity contribution in [3.63, 3.8) is 0 Å². The molecule has 89 valence electrons. The molecule has 0 bridgehead atoms. The summed E-state index contributed by atoms with van der Waals surface area (Å²) >= 11 is 0. The fourth-order valence-corrected chi connectivity index (χ4v) is 2.88. The van der Waals surface area contributed by atoms with Gasteiger partial charge >= 0.3 is 0 Å². The smallest absolute Gasteiger partial charge is 0.249 e. The minimum Gasteiger partial charge on any atom is -0.366 e. The number of benzene rings is 4. The van der Waals surface area contributed by atoms with Crippen molar-refractivity contribution in [2.24, 2.45) is 5.73 Å². The summed E-state index contributed by atoms with van der Waals surface area (Å²) in [6, 6.07) is 19.0. The highest BCUT2D eigenvalue weighted by Gasteiger charge is 2.12. The maximum Gasteiger partial charge on any atom is 0.249 e. The SMILES string of the molecule is NC(=O)c1ccc2ccc3c[c]cc4ccc1c2c34. The zero-order valence-electron chi connectivity index (χ0n) is 10.1. The number of carbonyl (C=O) groups excluding carboxylic acids is 1. The van der Waals surface area contributed by atoms with Crippen LogP contribution < -0.4 is 5.73 Å². The summed E-state index contributed by atoms with van der Waals surface area (Å²) in [5.74, 6) is -0.385. The van der Waals surface area contributed by atoms with Gasteiger partial charge in [-0.15, -0.1) is 0 Å². The maximum atomic E-state index is 11.6. The second-order valence-corrected chi connectivity index (χ2v) is 4.76. The van der Waals surface area contributed by atoms with Crippen LogP contribution in [0.2, 0.25) is 0 Å². The third-order valence-corrected chi connectivity index (χ3v) is 3.72. The van der Waals surface area contributed by atoms with Crippen LogP contribution in [0.15, 0.2) is 48.5 Å². The molecule has 0 aromatic heterocycles. The van der Waals surface area contributed by atoms with Crippen LogP contribution in [0.1, 0.15) is 10.4 Å². The Morgan fingerprint density at radius 1 is 0.842 bits per heavy atom. The van der Waals surface area contributed by atoms with E-state index in [9.17, 15) is 4.79 Å². The molecular weight excluding hydrogens is 234 g/mol. The molecule has 0 aliphatic rings. The Morgan fingerprint density at radius 2 is 1.47 bits per heavy atom. The van der Waals surface area contributed by atoms with E-state index in [2.05, 4.69) is 18.2 Å². The Balaban J connectivity index is 2.38. The van der Waals surface area contributed by atoms with E-state index in [0.717, 1.165) is 26.9 Å². The number of carbonyl (C=O) groups is 1. The molecule has 19 heavy (non-hydrogen) atoms. The second kappa shape index (κ2) is 3.45. The Labute approximate surface area is 109 Å². The van der Waals surface area contributed by atoms with E-state index in [-0.39, 0.29) is 5.91 Å². The van der Waals surface area contributed by atoms with Crippen molar-refractivity contribution in [2.45, 2.75) is 0 Å². The molecule has 0 unspecified atom stereocenters. The number of hydrogen-bond acceptors (Lipinski definition) is 1. The van der Waals surface area contributed by atoms with Gasteiger partial charge in [-0.2, -0.15) is 0 Å². The van der Waals surface area contributed by atoms with Gasteiger partial charge in [0, 0.05) is 5.56 Å². The number of amides is 1. The highest BCUT2D eigenvalue weighted by Crippen LogP contribution is 2.35. The molecule has 0 atom stereocenters. The first-order valence-electron chi connectivity index (χ1n) is 6.13. The van der Waals surface area contributed by atoms with Crippen LogP contribution in [0.5, 0.6) is 0 Å². The average molecular weight is 244 g/mol. The lowest BCUT2D eigenvalue weighted by molar-refractivity contribution is 0.100. The highest BCUT2D eigenvalue weighted by atomic mass is 16.1. The predicted octanol–water partition coefficient (Wildman–Crippen LogP) is 3.48. The van der Waals surface area contributed by atoms with Crippen LogP contribution in [-0.4, -0.2) is 5.91 Å². The van der Waals surface area contributed by atoms with Crippen molar-refractivity contribution in [3.05, 3.63) is 60.2 Å². The third kappa shape index (κ3) is 1.28. The van der Waals surface area contributed by atoms with E-state index in [1.807, 2.05) is 30.3 Å². The molecule has 2 heteroatoms. The molecule has 4 aromatic rings. The van der Waals surface area contributed by atoms with E-state index in [4.69, 9.17) is 5.73 Å². The summed E-state index contributed by atoms with van der Waals surface area (Å²) in [5, 5.41) is 6.62. The first-order chi connectivity index (χ1) is 9.25. The molecule has 1 amide bonds. The zero-order valence-corrected chi connectivity index (χ0v) is 10.1. The van der Waals surface area contributed by atoms with E-state index in [0.29, 0.717) is 5.56 Å². The summed E-state index contributed by atoms with van der Waals surface area (Å²) in [6.07, 6.45) is 0. The number of hydrogen-bond donors (Lipinski definition) is 1. The van der Waals surface area contributed by atoms with Gasteiger partial charge in [0.1, 0.15) is 0 Å². The molecule has 4 aromatic carbocycles. The van der Waals surface area contributed by atoms with Crippen molar-refractivity contribution in [1.29, 1.82) is 0 Å². The van der Waals surface area contributed by atoms with Crippen LogP contribution in [0.4, 0.5) is 0 Å².